The maximum atomic E-state index is 12.7. The molecule has 70 valence electrons. The number of nitrogens with one attached hydrogen (secondary N) is 1. The van der Waals surface area contributed by atoms with Crippen LogP contribution in [0.1, 0.15) is 5.56 Å². The zero-order valence-electron chi connectivity index (χ0n) is 6.75. The first kappa shape index (κ1) is 10.2. The molecule has 1 heterocycles. The van der Waals surface area contributed by atoms with Gasteiger partial charge in [-0.05, 0) is 18.2 Å². The normalized spacial score (nSPS) is 13.5. The van der Waals surface area contributed by atoms with Crippen molar-refractivity contribution in [3.63, 3.8) is 0 Å². The van der Waals surface area contributed by atoms with Crippen LogP contribution in [0.2, 0.25) is 0 Å². The van der Waals surface area contributed by atoms with Crippen LogP contribution in [0.5, 0.6) is 0 Å². The first-order chi connectivity index (χ1) is 5.75. The maximum absolute atomic E-state index is 12.7. The van der Waals surface area contributed by atoms with E-state index in [4.69, 9.17) is 5.73 Å². The molecule has 0 atom stereocenters. The molecule has 0 fully saturated rings. The number of benzene rings is 1. The van der Waals surface area contributed by atoms with E-state index in [0.717, 1.165) is 11.3 Å². The highest BCUT2D eigenvalue weighted by Gasteiger charge is 2.08. The SMILES string of the molecule is I.NC1=NCc2cc(F)ccc2N1. The average Bonchev–Trinajstić information content (AvgIpc) is 2.05. The molecule has 1 aliphatic heterocycles. The molecule has 0 unspecified atom stereocenters. The van der Waals surface area contributed by atoms with Crippen molar-refractivity contribution in [3.8, 4) is 0 Å². The van der Waals surface area contributed by atoms with Crippen molar-refractivity contribution in [1.82, 2.24) is 0 Å². The number of aliphatic imine (C=N–C) groups is 1. The summed E-state index contributed by atoms with van der Waals surface area (Å²) in [6, 6.07) is 4.51. The number of anilines is 1. The third kappa shape index (κ3) is 2.09. The quantitative estimate of drug-likeness (QED) is 0.715. The predicted octanol–water partition coefficient (Wildman–Crippen LogP) is 1.68. The summed E-state index contributed by atoms with van der Waals surface area (Å²) in [4.78, 5) is 3.93. The zero-order chi connectivity index (χ0) is 8.55. The highest BCUT2D eigenvalue weighted by Crippen LogP contribution is 2.20. The third-order valence-electron chi connectivity index (χ3n) is 1.75. The van der Waals surface area contributed by atoms with E-state index in [-0.39, 0.29) is 29.8 Å². The van der Waals surface area contributed by atoms with E-state index in [1.807, 2.05) is 0 Å². The Labute approximate surface area is 92.2 Å². The summed E-state index contributed by atoms with van der Waals surface area (Å²) in [5.74, 6) is 0.139. The number of nitrogens with two attached hydrogens (primary N) is 1. The summed E-state index contributed by atoms with van der Waals surface area (Å²) in [6.45, 7) is 0.450. The molecule has 0 saturated heterocycles. The van der Waals surface area contributed by atoms with E-state index < -0.39 is 0 Å². The minimum Gasteiger partial charge on any atom is -0.370 e. The second-order valence-corrected chi connectivity index (χ2v) is 2.63. The lowest BCUT2D eigenvalue weighted by atomic mass is 10.1. The van der Waals surface area contributed by atoms with Gasteiger partial charge in [0, 0.05) is 11.3 Å². The van der Waals surface area contributed by atoms with Crippen LogP contribution in [-0.2, 0) is 6.54 Å². The van der Waals surface area contributed by atoms with Gasteiger partial charge in [-0.15, -0.1) is 24.0 Å². The minimum atomic E-state index is -0.244. The molecule has 0 radical (unpaired) electrons. The number of guanidine groups is 1. The van der Waals surface area contributed by atoms with Gasteiger partial charge in [0.15, 0.2) is 5.96 Å². The molecule has 1 aromatic carbocycles. The summed E-state index contributed by atoms with van der Waals surface area (Å²) in [7, 11) is 0. The number of fused-ring (bicyclic) bond motifs is 1. The standard InChI is InChI=1S/C8H8FN3.HI/c9-6-1-2-7-5(3-6)4-11-8(10)12-7;/h1-3H,4H2,(H3,10,11,12);1H. The fraction of sp³-hybridized carbons (Fsp3) is 0.125. The number of nitrogens with zero attached hydrogens (tertiary/aromatic N) is 1. The molecule has 5 heteroatoms. The van der Waals surface area contributed by atoms with Crippen LogP contribution in [0, 0.1) is 5.82 Å². The van der Waals surface area contributed by atoms with E-state index in [1.165, 1.54) is 12.1 Å². The Kier molecular flexibility index (Phi) is 3.07. The summed E-state index contributed by atoms with van der Waals surface area (Å²) in [6.07, 6.45) is 0. The topological polar surface area (TPSA) is 50.4 Å². The average molecular weight is 293 g/mol. The number of halogens is 2. The third-order valence-corrected chi connectivity index (χ3v) is 1.75. The van der Waals surface area contributed by atoms with E-state index >= 15 is 0 Å². The Morgan fingerprint density at radius 1 is 1.46 bits per heavy atom. The Morgan fingerprint density at radius 2 is 2.23 bits per heavy atom. The molecule has 0 aliphatic carbocycles. The van der Waals surface area contributed by atoms with Gasteiger partial charge in [0.05, 0.1) is 6.54 Å². The van der Waals surface area contributed by atoms with Gasteiger partial charge in [-0.25, -0.2) is 9.38 Å². The zero-order valence-corrected chi connectivity index (χ0v) is 9.08. The lowest BCUT2D eigenvalue weighted by molar-refractivity contribution is 0.625. The van der Waals surface area contributed by atoms with Gasteiger partial charge in [0.25, 0.3) is 0 Å². The van der Waals surface area contributed by atoms with E-state index in [0.29, 0.717) is 12.5 Å². The van der Waals surface area contributed by atoms with Crippen molar-refractivity contribution in [2.45, 2.75) is 6.54 Å². The number of rotatable bonds is 0. The van der Waals surface area contributed by atoms with Crippen molar-refractivity contribution in [2.75, 3.05) is 5.32 Å². The maximum Gasteiger partial charge on any atom is 0.193 e. The van der Waals surface area contributed by atoms with Crippen LogP contribution in [-0.4, -0.2) is 5.96 Å². The Bertz CT molecular complexity index is 351. The first-order valence-electron chi connectivity index (χ1n) is 3.61. The summed E-state index contributed by atoms with van der Waals surface area (Å²) < 4.78 is 12.7. The molecule has 0 saturated carbocycles. The monoisotopic (exact) mass is 293 g/mol. The number of hydrogen-bond acceptors (Lipinski definition) is 3. The minimum absolute atomic E-state index is 0. The van der Waals surface area contributed by atoms with Crippen LogP contribution in [0.4, 0.5) is 10.1 Å². The molecule has 0 spiro atoms. The van der Waals surface area contributed by atoms with Crippen molar-refractivity contribution in [2.24, 2.45) is 10.7 Å². The molecule has 2 rings (SSSR count). The molecular formula is C8H9FIN3. The molecule has 0 amide bonds. The Hall–Kier alpha value is -0.850. The molecule has 13 heavy (non-hydrogen) atoms. The molecule has 1 aliphatic rings. The largest absolute Gasteiger partial charge is 0.370 e. The first-order valence-corrected chi connectivity index (χ1v) is 3.61. The summed E-state index contributed by atoms with van der Waals surface area (Å²) >= 11 is 0. The fourth-order valence-electron chi connectivity index (χ4n) is 1.16. The van der Waals surface area contributed by atoms with Crippen molar-refractivity contribution in [1.29, 1.82) is 0 Å². The number of hydrogen-bond donors (Lipinski definition) is 2. The van der Waals surface area contributed by atoms with E-state index in [2.05, 4.69) is 10.3 Å². The van der Waals surface area contributed by atoms with Gasteiger partial charge in [0.1, 0.15) is 5.82 Å². The molecule has 3 N–H and O–H groups in total. The molecule has 3 nitrogen and oxygen atoms in total. The predicted molar refractivity (Wildman–Crippen MR) is 60.8 cm³/mol. The second kappa shape index (κ2) is 3.91. The van der Waals surface area contributed by atoms with Crippen molar-refractivity contribution in [3.05, 3.63) is 29.6 Å². The van der Waals surface area contributed by atoms with Gasteiger partial charge in [-0.3, -0.25) is 0 Å². The molecular weight excluding hydrogens is 284 g/mol. The Balaban J connectivity index is 0.000000845. The van der Waals surface area contributed by atoms with Gasteiger partial charge >= 0.3 is 0 Å². The lowest BCUT2D eigenvalue weighted by Gasteiger charge is -2.14. The van der Waals surface area contributed by atoms with Crippen LogP contribution >= 0.6 is 24.0 Å². The molecule has 0 aromatic heterocycles. The highest BCUT2D eigenvalue weighted by atomic mass is 127. The van der Waals surface area contributed by atoms with E-state index in [9.17, 15) is 4.39 Å². The summed E-state index contributed by atoms with van der Waals surface area (Å²) in [5.41, 5.74) is 7.11. The van der Waals surface area contributed by atoms with Crippen LogP contribution in [0.25, 0.3) is 0 Å². The van der Waals surface area contributed by atoms with Gasteiger partial charge in [-0.1, -0.05) is 0 Å². The van der Waals surface area contributed by atoms with Gasteiger partial charge in [-0.2, -0.15) is 0 Å². The van der Waals surface area contributed by atoms with Crippen LogP contribution in [0.3, 0.4) is 0 Å². The van der Waals surface area contributed by atoms with Crippen molar-refractivity contribution >= 4 is 35.6 Å². The smallest absolute Gasteiger partial charge is 0.193 e. The fourth-order valence-corrected chi connectivity index (χ4v) is 1.16. The lowest BCUT2D eigenvalue weighted by Crippen LogP contribution is -2.26. The van der Waals surface area contributed by atoms with Gasteiger partial charge < -0.3 is 11.1 Å². The van der Waals surface area contributed by atoms with Crippen molar-refractivity contribution < 1.29 is 4.39 Å². The van der Waals surface area contributed by atoms with Crippen LogP contribution < -0.4 is 11.1 Å². The van der Waals surface area contributed by atoms with Crippen LogP contribution in [0.15, 0.2) is 23.2 Å². The second-order valence-electron chi connectivity index (χ2n) is 2.63. The molecule has 0 bridgehead atoms. The summed E-state index contributed by atoms with van der Waals surface area (Å²) in [5, 5.41) is 2.85. The van der Waals surface area contributed by atoms with Gasteiger partial charge in [0.2, 0.25) is 0 Å². The van der Waals surface area contributed by atoms with E-state index in [1.54, 1.807) is 6.07 Å². The highest BCUT2D eigenvalue weighted by molar-refractivity contribution is 14.0. The molecule has 1 aromatic rings. The Morgan fingerprint density at radius 3 is 3.00 bits per heavy atom.